The van der Waals surface area contributed by atoms with Crippen LogP contribution >= 0.6 is 0 Å². The van der Waals surface area contributed by atoms with Gasteiger partial charge in [0.15, 0.2) is 0 Å². The molecule has 0 radical (unpaired) electrons. The number of imide groups is 1. The third kappa shape index (κ3) is 2.98. The van der Waals surface area contributed by atoms with E-state index in [-0.39, 0.29) is 18.3 Å². The number of nitrogens with one attached hydrogen (secondary N) is 1. The van der Waals surface area contributed by atoms with E-state index < -0.39 is 12.1 Å². The molecule has 0 aliphatic carbocycles. The molecule has 5 heteroatoms. The summed E-state index contributed by atoms with van der Waals surface area (Å²) in [7, 11) is 0. The van der Waals surface area contributed by atoms with Gasteiger partial charge >= 0.3 is 6.03 Å². The number of carbonyl (C=O) groups excluding carboxylic acids is 2. The number of urea groups is 1. The second kappa shape index (κ2) is 5.97. The molecule has 3 amide bonds. The van der Waals surface area contributed by atoms with Crippen molar-refractivity contribution in [3.05, 3.63) is 71.5 Å². The zero-order valence-corrected chi connectivity index (χ0v) is 11.8. The molecule has 0 saturated carbocycles. The van der Waals surface area contributed by atoms with E-state index in [4.69, 9.17) is 0 Å². The number of rotatable bonds is 4. The number of benzene rings is 2. The van der Waals surface area contributed by atoms with Crippen molar-refractivity contribution in [2.45, 2.75) is 19.0 Å². The van der Waals surface area contributed by atoms with Gasteiger partial charge in [-0.15, -0.1) is 0 Å². The van der Waals surface area contributed by atoms with Crippen LogP contribution in [0.4, 0.5) is 9.18 Å². The Hall–Kier alpha value is -2.69. The van der Waals surface area contributed by atoms with Crippen LogP contribution in [-0.2, 0) is 17.8 Å². The van der Waals surface area contributed by atoms with Gasteiger partial charge in [0, 0.05) is 6.42 Å². The number of halogens is 1. The summed E-state index contributed by atoms with van der Waals surface area (Å²) in [6, 6.07) is 14.4. The fourth-order valence-electron chi connectivity index (χ4n) is 2.53. The average molecular weight is 298 g/mol. The lowest BCUT2D eigenvalue weighted by Crippen LogP contribution is -2.32. The molecular formula is C17H15FN2O2. The SMILES string of the molecule is O=C1NC(Cc2ccccc2)C(=O)N1Cc1cccc(F)c1. The molecule has 2 aromatic rings. The second-order valence-corrected chi connectivity index (χ2v) is 5.25. The third-order valence-electron chi connectivity index (χ3n) is 3.62. The monoisotopic (exact) mass is 298 g/mol. The Kier molecular flexibility index (Phi) is 3.87. The van der Waals surface area contributed by atoms with Gasteiger partial charge in [0.25, 0.3) is 5.91 Å². The fraction of sp³-hybridized carbons (Fsp3) is 0.176. The molecule has 1 atom stereocenters. The summed E-state index contributed by atoms with van der Waals surface area (Å²) in [6.07, 6.45) is 0.449. The van der Waals surface area contributed by atoms with E-state index in [1.807, 2.05) is 30.3 Å². The van der Waals surface area contributed by atoms with Crippen molar-refractivity contribution in [1.29, 1.82) is 0 Å². The van der Waals surface area contributed by atoms with Crippen LogP contribution in [0.25, 0.3) is 0 Å². The lowest BCUT2D eigenvalue weighted by Gasteiger charge is -2.13. The average Bonchev–Trinajstić information content (AvgIpc) is 2.76. The van der Waals surface area contributed by atoms with Gasteiger partial charge < -0.3 is 5.32 Å². The van der Waals surface area contributed by atoms with Gasteiger partial charge in [-0.3, -0.25) is 9.69 Å². The highest BCUT2D eigenvalue weighted by atomic mass is 19.1. The molecule has 3 rings (SSSR count). The predicted molar refractivity (Wildman–Crippen MR) is 79.4 cm³/mol. The van der Waals surface area contributed by atoms with Crippen LogP contribution in [0.3, 0.4) is 0 Å². The first kappa shape index (κ1) is 14.3. The van der Waals surface area contributed by atoms with Crippen molar-refractivity contribution < 1.29 is 14.0 Å². The lowest BCUT2D eigenvalue weighted by atomic mass is 10.1. The van der Waals surface area contributed by atoms with Crippen LogP contribution in [0.1, 0.15) is 11.1 Å². The Morgan fingerprint density at radius 1 is 1.00 bits per heavy atom. The maximum atomic E-state index is 13.2. The number of hydrogen-bond acceptors (Lipinski definition) is 2. The number of amides is 3. The Balaban J connectivity index is 1.71. The molecule has 0 aromatic heterocycles. The fourth-order valence-corrected chi connectivity index (χ4v) is 2.53. The van der Waals surface area contributed by atoms with Crippen LogP contribution in [0, 0.1) is 5.82 Å². The van der Waals surface area contributed by atoms with Crippen LogP contribution in [0.15, 0.2) is 54.6 Å². The normalized spacial score (nSPS) is 17.7. The molecule has 112 valence electrons. The first-order valence-corrected chi connectivity index (χ1v) is 7.04. The number of hydrogen-bond donors (Lipinski definition) is 1. The molecule has 1 fully saturated rings. The zero-order chi connectivity index (χ0) is 15.5. The van der Waals surface area contributed by atoms with Crippen LogP contribution in [-0.4, -0.2) is 22.9 Å². The zero-order valence-electron chi connectivity index (χ0n) is 11.8. The lowest BCUT2D eigenvalue weighted by molar-refractivity contribution is -0.127. The van der Waals surface area contributed by atoms with Gasteiger partial charge in [-0.1, -0.05) is 42.5 Å². The van der Waals surface area contributed by atoms with Crippen molar-refractivity contribution in [3.63, 3.8) is 0 Å². The summed E-state index contributed by atoms with van der Waals surface area (Å²) < 4.78 is 13.2. The van der Waals surface area contributed by atoms with Crippen molar-refractivity contribution in [2.24, 2.45) is 0 Å². The highest BCUT2D eigenvalue weighted by molar-refractivity contribution is 6.04. The first-order chi connectivity index (χ1) is 10.6. The van der Waals surface area contributed by atoms with E-state index in [0.29, 0.717) is 12.0 Å². The summed E-state index contributed by atoms with van der Waals surface area (Å²) in [4.78, 5) is 25.5. The minimum absolute atomic E-state index is 0.0771. The first-order valence-electron chi connectivity index (χ1n) is 7.04. The number of nitrogens with zero attached hydrogens (tertiary/aromatic N) is 1. The highest BCUT2D eigenvalue weighted by Gasteiger charge is 2.37. The van der Waals surface area contributed by atoms with E-state index in [9.17, 15) is 14.0 Å². The smallest absolute Gasteiger partial charge is 0.325 e. The van der Waals surface area contributed by atoms with Crippen LogP contribution in [0.5, 0.6) is 0 Å². The van der Waals surface area contributed by atoms with Crippen molar-refractivity contribution in [3.8, 4) is 0 Å². The summed E-state index contributed by atoms with van der Waals surface area (Å²) in [5.41, 5.74) is 1.57. The third-order valence-corrected chi connectivity index (χ3v) is 3.62. The van der Waals surface area contributed by atoms with E-state index in [2.05, 4.69) is 5.32 Å². The van der Waals surface area contributed by atoms with Gasteiger partial charge in [0.1, 0.15) is 11.9 Å². The summed E-state index contributed by atoms with van der Waals surface area (Å²) >= 11 is 0. The maximum Gasteiger partial charge on any atom is 0.325 e. The Morgan fingerprint density at radius 3 is 2.45 bits per heavy atom. The molecule has 1 aliphatic heterocycles. The molecule has 1 heterocycles. The van der Waals surface area contributed by atoms with Crippen LogP contribution in [0.2, 0.25) is 0 Å². The van der Waals surface area contributed by atoms with Crippen molar-refractivity contribution in [1.82, 2.24) is 10.2 Å². The molecule has 1 N–H and O–H groups in total. The predicted octanol–water partition coefficient (Wildman–Crippen LogP) is 2.49. The minimum atomic E-state index is -0.566. The number of carbonyl (C=O) groups is 2. The van der Waals surface area contributed by atoms with E-state index in [0.717, 1.165) is 10.5 Å². The molecule has 0 bridgehead atoms. The van der Waals surface area contributed by atoms with Crippen molar-refractivity contribution in [2.75, 3.05) is 0 Å². The minimum Gasteiger partial charge on any atom is -0.325 e. The molecule has 0 spiro atoms. The van der Waals surface area contributed by atoms with Gasteiger partial charge in [0.05, 0.1) is 6.54 Å². The molecular weight excluding hydrogens is 283 g/mol. The van der Waals surface area contributed by atoms with E-state index in [1.54, 1.807) is 12.1 Å². The maximum absolute atomic E-state index is 13.2. The molecule has 1 saturated heterocycles. The molecule has 22 heavy (non-hydrogen) atoms. The Morgan fingerprint density at radius 2 is 1.73 bits per heavy atom. The van der Waals surface area contributed by atoms with Crippen molar-refractivity contribution >= 4 is 11.9 Å². The molecule has 4 nitrogen and oxygen atoms in total. The summed E-state index contributed by atoms with van der Waals surface area (Å²) in [6.45, 7) is 0.0771. The summed E-state index contributed by atoms with van der Waals surface area (Å²) in [5.74, 6) is -0.663. The van der Waals surface area contributed by atoms with Gasteiger partial charge in [-0.25, -0.2) is 9.18 Å². The summed E-state index contributed by atoms with van der Waals surface area (Å²) in [5, 5.41) is 2.68. The van der Waals surface area contributed by atoms with Gasteiger partial charge in [0.2, 0.25) is 0 Å². The quantitative estimate of drug-likeness (QED) is 0.882. The largest absolute Gasteiger partial charge is 0.325 e. The Bertz CT molecular complexity index is 703. The second-order valence-electron chi connectivity index (χ2n) is 5.25. The Labute approximate surface area is 127 Å². The van der Waals surface area contributed by atoms with Gasteiger partial charge in [-0.05, 0) is 23.3 Å². The van der Waals surface area contributed by atoms with E-state index in [1.165, 1.54) is 12.1 Å². The molecule has 1 unspecified atom stereocenters. The van der Waals surface area contributed by atoms with E-state index >= 15 is 0 Å². The van der Waals surface area contributed by atoms with Gasteiger partial charge in [-0.2, -0.15) is 0 Å². The highest BCUT2D eigenvalue weighted by Crippen LogP contribution is 2.16. The molecule has 1 aliphatic rings. The van der Waals surface area contributed by atoms with Crippen LogP contribution < -0.4 is 5.32 Å². The topological polar surface area (TPSA) is 49.4 Å². The molecule has 2 aromatic carbocycles. The standard InChI is InChI=1S/C17H15FN2O2/c18-14-8-4-7-13(9-14)11-20-16(21)15(19-17(20)22)10-12-5-2-1-3-6-12/h1-9,15H,10-11H2,(H,19,22).